The van der Waals surface area contributed by atoms with Crippen molar-refractivity contribution in [3.05, 3.63) is 94.1 Å². The Morgan fingerprint density at radius 3 is 2.58 bits per heavy atom. The number of nitrogens with zero attached hydrogens (tertiary/aromatic N) is 1. The molecule has 26 heavy (non-hydrogen) atoms. The maximum absolute atomic E-state index is 13.2. The molecule has 0 fully saturated rings. The minimum atomic E-state index is -0.351. The van der Waals surface area contributed by atoms with Crippen LogP contribution in [0.4, 0.5) is 4.39 Å². The van der Waals surface area contributed by atoms with Gasteiger partial charge in [0.25, 0.3) is 5.91 Å². The molecule has 2 heterocycles. The highest BCUT2D eigenvalue weighted by Crippen LogP contribution is 2.35. The van der Waals surface area contributed by atoms with Crippen LogP contribution in [0.15, 0.2) is 72.2 Å². The first-order valence-electron chi connectivity index (χ1n) is 8.27. The van der Waals surface area contributed by atoms with Gasteiger partial charge in [0.1, 0.15) is 5.82 Å². The molecule has 0 aliphatic carbocycles. The van der Waals surface area contributed by atoms with Crippen molar-refractivity contribution >= 4 is 28.1 Å². The lowest BCUT2D eigenvalue weighted by atomic mass is 10.0. The molecular weight excluding hydrogens is 347 g/mol. The van der Waals surface area contributed by atoms with E-state index in [1.807, 2.05) is 41.9 Å². The number of halogens is 1. The summed E-state index contributed by atoms with van der Waals surface area (Å²) in [6, 6.07) is 17.5. The highest BCUT2D eigenvalue weighted by molar-refractivity contribution is 7.10. The molecule has 0 unspecified atom stereocenters. The molecule has 4 rings (SSSR count). The number of aromatic nitrogens is 1. The Kier molecular flexibility index (Phi) is 4.31. The monoisotopic (exact) mass is 364 g/mol. The molecular formula is C21H17FN2OS. The van der Waals surface area contributed by atoms with Crippen LogP contribution in [0, 0.1) is 5.82 Å². The minimum absolute atomic E-state index is 0.145. The predicted octanol–water partition coefficient (Wildman–Crippen LogP) is 5.23. The molecule has 3 nitrogen and oxygen atoms in total. The van der Waals surface area contributed by atoms with Crippen molar-refractivity contribution in [2.45, 2.75) is 6.04 Å². The summed E-state index contributed by atoms with van der Waals surface area (Å²) in [7, 11) is 1.79. The zero-order chi connectivity index (χ0) is 18.1. The first-order valence-corrected chi connectivity index (χ1v) is 9.15. The fourth-order valence-corrected chi connectivity index (χ4v) is 4.12. The van der Waals surface area contributed by atoms with E-state index < -0.39 is 0 Å². The number of carbonyl (C=O) groups excluding carboxylic acids is 1. The van der Waals surface area contributed by atoms with Crippen LogP contribution in [0.5, 0.6) is 0 Å². The minimum Gasteiger partial charge on any atom is -0.361 e. The van der Waals surface area contributed by atoms with Gasteiger partial charge in [-0.15, -0.1) is 11.3 Å². The Bertz CT molecular complexity index is 1040. The fourth-order valence-electron chi connectivity index (χ4n) is 3.23. The second kappa shape index (κ2) is 6.77. The van der Waals surface area contributed by atoms with Crippen LogP contribution in [-0.4, -0.2) is 22.8 Å². The van der Waals surface area contributed by atoms with Gasteiger partial charge in [0.05, 0.1) is 6.04 Å². The third kappa shape index (κ3) is 2.91. The Balaban J connectivity index is 1.79. The largest absolute Gasteiger partial charge is 0.361 e. The van der Waals surface area contributed by atoms with Gasteiger partial charge in [-0.1, -0.05) is 24.3 Å². The van der Waals surface area contributed by atoms with Gasteiger partial charge in [-0.25, -0.2) is 4.39 Å². The van der Waals surface area contributed by atoms with Crippen molar-refractivity contribution in [2.75, 3.05) is 7.05 Å². The van der Waals surface area contributed by atoms with E-state index in [0.29, 0.717) is 5.56 Å². The molecule has 1 amide bonds. The van der Waals surface area contributed by atoms with Crippen molar-refractivity contribution in [2.24, 2.45) is 0 Å². The highest BCUT2D eigenvalue weighted by Gasteiger charge is 2.27. The van der Waals surface area contributed by atoms with Crippen molar-refractivity contribution in [3.63, 3.8) is 0 Å². The Morgan fingerprint density at radius 1 is 1.08 bits per heavy atom. The Labute approximate surface area is 154 Å². The number of hydrogen-bond acceptors (Lipinski definition) is 2. The van der Waals surface area contributed by atoms with E-state index >= 15 is 0 Å². The first kappa shape index (κ1) is 16.5. The maximum Gasteiger partial charge on any atom is 0.254 e. The molecule has 0 bridgehead atoms. The SMILES string of the molecule is CN(C(=O)c1ccc(F)cc1)[C@H](c1cccs1)c1c[nH]c2ccccc12. The summed E-state index contributed by atoms with van der Waals surface area (Å²) in [5.74, 6) is -0.496. The summed E-state index contributed by atoms with van der Waals surface area (Å²) in [6.45, 7) is 0. The van der Waals surface area contributed by atoms with Crippen molar-refractivity contribution in [3.8, 4) is 0 Å². The number of para-hydroxylation sites is 1. The molecule has 5 heteroatoms. The number of nitrogens with one attached hydrogen (secondary N) is 1. The molecule has 0 aliphatic rings. The highest BCUT2D eigenvalue weighted by atomic mass is 32.1. The van der Waals surface area contributed by atoms with E-state index in [-0.39, 0.29) is 17.8 Å². The van der Waals surface area contributed by atoms with Crippen LogP contribution < -0.4 is 0 Å². The van der Waals surface area contributed by atoms with Crippen LogP contribution in [0.25, 0.3) is 10.9 Å². The topological polar surface area (TPSA) is 36.1 Å². The van der Waals surface area contributed by atoms with Crippen LogP contribution in [0.2, 0.25) is 0 Å². The van der Waals surface area contributed by atoms with Gasteiger partial charge in [0.15, 0.2) is 0 Å². The van der Waals surface area contributed by atoms with Gasteiger partial charge in [0.2, 0.25) is 0 Å². The summed E-state index contributed by atoms with van der Waals surface area (Å²) >= 11 is 1.61. The summed E-state index contributed by atoms with van der Waals surface area (Å²) in [4.78, 5) is 19.1. The molecule has 1 atom stereocenters. The number of aromatic amines is 1. The Morgan fingerprint density at radius 2 is 1.85 bits per heavy atom. The van der Waals surface area contributed by atoms with Crippen LogP contribution >= 0.6 is 11.3 Å². The first-order chi connectivity index (χ1) is 12.6. The smallest absolute Gasteiger partial charge is 0.254 e. The number of hydrogen-bond donors (Lipinski definition) is 1. The van der Waals surface area contributed by atoms with E-state index in [9.17, 15) is 9.18 Å². The molecule has 0 radical (unpaired) electrons. The number of carbonyl (C=O) groups is 1. The molecule has 0 saturated heterocycles. The lowest BCUT2D eigenvalue weighted by molar-refractivity contribution is 0.0758. The van der Waals surface area contributed by atoms with Gasteiger partial charge in [-0.05, 0) is 41.8 Å². The third-order valence-electron chi connectivity index (χ3n) is 4.53. The standard InChI is InChI=1S/C21H17FN2OS/c1-24(21(25)14-8-10-15(22)11-9-14)20(19-7-4-12-26-19)17-13-23-18-6-3-2-5-16(17)18/h2-13,20,23H,1H3/t20-/m0/s1. The van der Waals surface area contributed by atoms with Crippen LogP contribution in [-0.2, 0) is 0 Å². The summed E-state index contributed by atoms with van der Waals surface area (Å²) in [5.41, 5.74) is 2.54. The number of thiophene rings is 1. The number of amides is 1. The van der Waals surface area contributed by atoms with E-state index in [2.05, 4.69) is 11.1 Å². The predicted molar refractivity (Wildman–Crippen MR) is 103 cm³/mol. The third-order valence-corrected chi connectivity index (χ3v) is 5.45. The van der Waals surface area contributed by atoms with Gasteiger partial charge < -0.3 is 9.88 Å². The fraction of sp³-hybridized carbons (Fsp3) is 0.0952. The van der Waals surface area contributed by atoms with Crippen molar-refractivity contribution in [1.82, 2.24) is 9.88 Å². The number of fused-ring (bicyclic) bond motifs is 1. The molecule has 0 spiro atoms. The van der Waals surface area contributed by atoms with Crippen molar-refractivity contribution in [1.29, 1.82) is 0 Å². The summed E-state index contributed by atoms with van der Waals surface area (Å²) in [5, 5.41) is 3.09. The molecule has 2 aromatic heterocycles. The number of H-pyrrole nitrogens is 1. The second-order valence-electron chi connectivity index (χ2n) is 6.13. The average molecular weight is 364 g/mol. The van der Waals surface area contributed by atoms with E-state index in [1.165, 1.54) is 24.3 Å². The van der Waals surface area contributed by atoms with Gasteiger partial charge in [0, 0.05) is 40.2 Å². The molecule has 0 aliphatic heterocycles. The van der Waals surface area contributed by atoms with Crippen LogP contribution in [0.3, 0.4) is 0 Å². The lowest BCUT2D eigenvalue weighted by Crippen LogP contribution is -2.31. The molecule has 1 N–H and O–H groups in total. The average Bonchev–Trinajstić information content (AvgIpc) is 3.33. The van der Waals surface area contributed by atoms with Gasteiger partial charge in [-0.2, -0.15) is 0 Å². The zero-order valence-corrected chi connectivity index (χ0v) is 15.0. The normalized spacial score (nSPS) is 12.2. The molecule has 0 saturated carbocycles. The molecule has 4 aromatic rings. The Hall–Kier alpha value is -2.92. The van der Waals surface area contributed by atoms with Crippen molar-refractivity contribution < 1.29 is 9.18 Å². The van der Waals surface area contributed by atoms with Gasteiger partial charge in [-0.3, -0.25) is 4.79 Å². The van der Waals surface area contributed by atoms with E-state index in [1.54, 1.807) is 23.3 Å². The maximum atomic E-state index is 13.2. The van der Waals surface area contributed by atoms with E-state index in [0.717, 1.165) is 21.3 Å². The van der Waals surface area contributed by atoms with Gasteiger partial charge >= 0.3 is 0 Å². The summed E-state index contributed by atoms with van der Waals surface area (Å²) < 4.78 is 13.2. The quantitative estimate of drug-likeness (QED) is 0.529. The lowest BCUT2D eigenvalue weighted by Gasteiger charge is -2.27. The zero-order valence-electron chi connectivity index (χ0n) is 14.1. The number of benzene rings is 2. The molecule has 130 valence electrons. The molecule has 2 aromatic carbocycles. The summed E-state index contributed by atoms with van der Waals surface area (Å²) in [6.07, 6.45) is 1.96. The van der Waals surface area contributed by atoms with Crippen LogP contribution in [0.1, 0.15) is 26.8 Å². The van der Waals surface area contributed by atoms with E-state index in [4.69, 9.17) is 0 Å². The second-order valence-corrected chi connectivity index (χ2v) is 7.11. The number of rotatable bonds is 4.